The summed E-state index contributed by atoms with van der Waals surface area (Å²) in [5, 5.41) is 0. The van der Waals surface area contributed by atoms with Gasteiger partial charge in [0.05, 0.1) is 0 Å². The van der Waals surface area contributed by atoms with Gasteiger partial charge < -0.3 is 23.7 Å². The fourth-order valence-corrected chi connectivity index (χ4v) is 2.36. The molecule has 29 heavy (non-hydrogen) atoms. The highest BCUT2D eigenvalue weighted by atomic mass is 16.6. The van der Waals surface area contributed by atoms with Crippen LogP contribution in [-0.2, 0) is 46.7 Å². The average Bonchev–Trinajstić information content (AvgIpc) is 2.56. The van der Waals surface area contributed by atoms with Crippen LogP contribution >= 0.6 is 0 Å². The molecule has 0 saturated carbocycles. The van der Waals surface area contributed by atoms with E-state index >= 15 is 0 Å². The molecule has 0 aliphatic rings. The second kappa shape index (κ2) is 10.2. The molecule has 0 radical (unpaired) electrons. The molecule has 0 bridgehead atoms. The van der Waals surface area contributed by atoms with Crippen molar-refractivity contribution in [1.29, 1.82) is 0 Å². The zero-order valence-corrected chi connectivity index (χ0v) is 17.0. The molecule has 1 aromatic rings. The summed E-state index contributed by atoms with van der Waals surface area (Å²) in [5.74, 6) is -4.36. The molecule has 1 aromatic carbocycles. The summed E-state index contributed by atoms with van der Waals surface area (Å²) in [5.41, 5.74) is 0.627. The molecule has 1 rings (SSSR count). The molecule has 0 atom stereocenters. The molecular formula is C19H22O10. The summed E-state index contributed by atoms with van der Waals surface area (Å²) < 4.78 is 25.6. The van der Waals surface area contributed by atoms with Gasteiger partial charge in [0, 0.05) is 51.3 Å². The zero-order valence-electron chi connectivity index (χ0n) is 17.0. The number of ether oxygens (including phenoxy) is 5. The van der Waals surface area contributed by atoms with Crippen molar-refractivity contribution in [2.24, 2.45) is 0 Å². The molecule has 0 spiro atoms. The second-order valence-corrected chi connectivity index (χ2v) is 5.91. The zero-order chi connectivity index (χ0) is 22.3. The smallest absolute Gasteiger partial charge is 0.308 e. The van der Waals surface area contributed by atoms with Gasteiger partial charge in [-0.1, -0.05) is 0 Å². The highest BCUT2D eigenvalue weighted by Gasteiger charge is 2.29. The van der Waals surface area contributed by atoms with E-state index in [0.717, 1.165) is 20.8 Å². The van der Waals surface area contributed by atoms with E-state index in [4.69, 9.17) is 23.7 Å². The first kappa shape index (κ1) is 23.6. The number of esters is 5. The molecule has 0 aromatic heterocycles. The van der Waals surface area contributed by atoms with Crippen molar-refractivity contribution in [3.63, 3.8) is 0 Å². The van der Waals surface area contributed by atoms with Gasteiger partial charge in [0.2, 0.25) is 5.75 Å². The van der Waals surface area contributed by atoms with Crippen LogP contribution in [0.5, 0.6) is 17.2 Å². The number of carbonyl (C=O) groups excluding carboxylic acids is 5. The lowest BCUT2D eigenvalue weighted by Gasteiger charge is -2.22. The maximum atomic E-state index is 11.7. The Morgan fingerprint density at radius 3 is 1.34 bits per heavy atom. The van der Waals surface area contributed by atoms with Crippen molar-refractivity contribution in [3.05, 3.63) is 16.7 Å². The Morgan fingerprint density at radius 2 is 0.931 bits per heavy atom. The van der Waals surface area contributed by atoms with Crippen LogP contribution in [0.15, 0.2) is 0 Å². The van der Waals surface area contributed by atoms with Crippen LogP contribution in [0.1, 0.15) is 51.3 Å². The first-order valence-corrected chi connectivity index (χ1v) is 8.44. The van der Waals surface area contributed by atoms with Gasteiger partial charge in [-0.3, -0.25) is 24.0 Å². The first-order chi connectivity index (χ1) is 13.4. The van der Waals surface area contributed by atoms with Crippen LogP contribution in [0.25, 0.3) is 0 Å². The predicted molar refractivity (Wildman–Crippen MR) is 96.0 cm³/mol. The van der Waals surface area contributed by atoms with Gasteiger partial charge in [0.25, 0.3) is 0 Å². The Bertz CT molecular complexity index is 853. The first-order valence-electron chi connectivity index (χ1n) is 8.44. The summed E-state index contributed by atoms with van der Waals surface area (Å²) in [7, 11) is 0. The topological polar surface area (TPSA) is 132 Å². The van der Waals surface area contributed by atoms with Crippen molar-refractivity contribution in [3.8, 4) is 17.2 Å². The van der Waals surface area contributed by atoms with Gasteiger partial charge in [-0.25, -0.2) is 0 Å². The van der Waals surface area contributed by atoms with E-state index in [0.29, 0.717) is 0 Å². The number of carbonyl (C=O) groups is 5. The molecule has 0 N–H and O–H groups in total. The Kier molecular flexibility index (Phi) is 8.31. The lowest BCUT2D eigenvalue weighted by molar-refractivity contribution is -0.144. The monoisotopic (exact) mass is 410 g/mol. The molecule has 10 heteroatoms. The summed E-state index contributed by atoms with van der Waals surface area (Å²) in [4.78, 5) is 57.5. The summed E-state index contributed by atoms with van der Waals surface area (Å²) in [6.07, 6.45) is 0. The number of rotatable bonds is 7. The van der Waals surface area contributed by atoms with E-state index in [1.165, 1.54) is 20.8 Å². The molecule has 158 valence electrons. The maximum Gasteiger partial charge on any atom is 0.308 e. The lowest BCUT2D eigenvalue weighted by atomic mass is 9.99. The molecular weight excluding hydrogens is 388 g/mol. The van der Waals surface area contributed by atoms with E-state index < -0.39 is 29.8 Å². The van der Waals surface area contributed by atoms with Crippen LogP contribution < -0.4 is 14.2 Å². The number of hydrogen-bond acceptors (Lipinski definition) is 10. The third kappa shape index (κ3) is 6.91. The third-order valence-corrected chi connectivity index (χ3v) is 3.42. The van der Waals surface area contributed by atoms with Gasteiger partial charge in [-0.15, -0.1) is 0 Å². The average molecular weight is 410 g/mol. The maximum absolute atomic E-state index is 11.7. The minimum Gasteiger partial charge on any atom is -0.461 e. The van der Waals surface area contributed by atoms with Gasteiger partial charge in [-0.2, -0.15) is 0 Å². The van der Waals surface area contributed by atoms with E-state index in [-0.39, 0.29) is 47.2 Å². The van der Waals surface area contributed by atoms with Gasteiger partial charge >= 0.3 is 29.8 Å². The Hall–Kier alpha value is -3.43. The van der Waals surface area contributed by atoms with E-state index in [9.17, 15) is 24.0 Å². The Balaban J connectivity index is 3.88. The van der Waals surface area contributed by atoms with Gasteiger partial charge in [0.15, 0.2) is 11.5 Å². The summed E-state index contributed by atoms with van der Waals surface area (Å²) in [6.45, 7) is 6.51. The summed E-state index contributed by atoms with van der Waals surface area (Å²) >= 11 is 0. The normalized spacial score (nSPS) is 10.0. The highest BCUT2D eigenvalue weighted by molar-refractivity contribution is 5.80. The standard InChI is InChI=1S/C19H22O10/c1-9-15(7-25-10(2)20)16(8-26-11(3)21)18(28-13(5)23)19(29-14(6)24)17(9)27-12(4)22/h7-8H2,1-6H3. The number of benzene rings is 1. The van der Waals surface area contributed by atoms with Gasteiger partial charge in [0.1, 0.15) is 13.2 Å². The minimum atomic E-state index is -0.780. The molecule has 0 fully saturated rings. The van der Waals surface area contributed by atoms with E-state index in [1.807, 2.05) is 0 Å². The Labute approximate surface area is 167 Å². The van der Waals surface area contributed by atoms with Crippen LogP contribution in [0.3, 0.4) is 0 Å². The van der Waals surface area contributed by atoms with Crippen molar-refractivity contribution in [2.45, 2.75) is 54.8 Å². The Morgan fingerprint density at radius 1 is 0.552 bits per heavy atom. The highest BCUT2D eigenvalue weighted by Crippen LogP contribution is 2.46. The molecule has 0 aliphatic carbocycles. The van der Waals surface area contributed by atoms with E-state index in [1.54, 1.807) is 0 Å². The molecule has 0 unspecified atom stereocenters. The molecule has 0 amide bonds. The quantitative estimate of drug-likeness (QED) is 0.485. The minimum absolute atomic E-state index is 0.112. The van der Waals surface area contributed by atoms with Crippen molar-refractivity contribution in [1.82, 2.24) is 0 Å². The largest absolute Gasteiger partial charge is 0.461 e. The summed E-state index contributed by atoms with van der Waals surface area (Å²) in [6, 6.07) is 0. The van der Waals surface area contributed by atoms with Crippen molar-refractivity contribution < 1.29 is 47.7 Å². The second-order valence-electron chi connectivity index (χ2n) is 5.91. The van der Waals surface area contributed by atoms with E-state index in [2.05, 4.69) is 0 Å². The third-order valence-electron chi connectivity index (χ3n) is 3.42. The van der Waals surface area contributed by atoms with Crippen LogP contribution in [0.2, 0.25) is 0 Å². The van der Waals surface area contributed by atoms with Gasteiger partial charge in [-0.05, 0) is 6.92 Å². The van der Waals surface area contributed by atoms with Crippen LogP contribution in [-0.4, -0.2) is 29.8 Å². The molecule has 10 nitrogen and oxygen atoms in total. The SMILES string of the molecule is CC(=O)OCc1c(C)c(OC(C)=O)c(OC(C)=O)c(OC(C)=O)c1COC(C)=O. The van der Waals surface area contributed by atoms with Crippen molar-refractivity contribution >= 4 is 29.8 Å². The molecule has 0 aliphatic heterocycles. The van der Waals surface area contributed by atoms with Crippen LogP contribution in [0, 0.1) is 6.92 Å². The molecule has 0 heterocycles. The van der Waals surface area contributed by atoms with Crippen molar-refractivity contribution in [2.75, 3.05) is 0 Å². The lowest BCUT2D eigenvalue weighted by Crippen LogP contribution is -2.17. The predicted octanol–water partition coefficient (Wildman–Crippen LogP) is 1.90. The number of hydrogen-bond donors (Lipinski definition) is 0. The molecule has 0 saturated heterocycles. The van der Waals surface area contributed by atoms with Crippen LogP contribution in [0.4, 0.5) is 0 Å². The fourth-order valence-electron chi connectivity index (χ4n) is 2.36. The fraction of sp³-hybridized carbons (Fsp3) is 0.421.